The predicted octanol–water partition coefficient (Wildman–Crippen LogP) is 3.73. The van der Waals surface area contributed by atoms with Crippen molar-refractivity contribution in [1.29, 1.82) is 0 Å². The Morgan fingerprint density at radius 2 is 1.82 bits per heavy atom. The molecule has 0 atom stereocenters. The van der Waals surface area contributed by atoms with E-state index >= 15 is 0 Å². The number of hydrogen-bond acceptors (Lipinski definition) is 5. The lowest BCUT2D eigenvalue weighted by atomic mass is 10.2. The van der Waals surface area contributed by atoms with Gasteiger partial charge in [-0.05, 0) is 12.1 Å². The Morgan fingerprint density at radius 1 is 1.04 bits per heavy atom. The van der Waals surface area contributed by atoms with E-state index in [-0.39, 0.29) is 11.4 Å². The maximum absolute atomic E-state index is 13.4. The van der Waals surface area contributed by atoms with Crippen LogP contribution in [0.1, 0.15) is 10.5 Å². The van der Waals surface area contributed by atoms with Gasteiger partial charge in [-0.1, -0.05) is 30.3 Å². The highest BCUT2D eigenvalue weighted by molar-refractivity contribution is 6.03. The third-order valence-electron chi connectivity index (χ3n) is 3.78. The number of aromatic nitrogens is 2. The number of benzene rings is 2. The standard InChI is InChI=1S/C20H18F2N4O2/c1-28-10-9-23-18-12-17(25-19(26-18)13-5-3-2-4-6-13)20(27)24-14-7-8-15(21)16(22)11-14/h2-8,11-12H,9-10H2,1H3,(H,24,27)(H,23,25,26). The first kappa shape index (κ1) is 19.4. The summed E-state index contributed by atoms with van der Waals surface area (Å²) in [6.07, 6.45) is 0. The zero-order chi connectivity index (χ0) is 19.9. The molecular weight excluding hydrogens is 366 g/mol. The number of hydrogen-bond donors (Lipinski definition) is 2. The molecule has 28 heavy (non-hydrogen) atoms. The molecule has 0 aliphatic heterocycles. The van der Waals surface area contributed by atoms with Gasteiger partial charge in [-0.15, -0.1) is 0 Å². The Balaban J connectivity index is 1.90. The number of rotatable bonds is 7. The molecule has 144 valence electrons. The molecule has 6 nitrogen and oxygen atoms in total. The lowest BCUT2D eigenvalue weighted by Gasteiger charge is -2.11. The zero-order valence-electron chi connectivity index (χ0n) is 15.1. The van der Waals surface area contributed by atoms with Gasteiger partial charge in [-0.25, -0.2) is 18.7 Å². The molecule has 1 amide bonds. The second-order valence-electron chi connectivity index (χ2n) is 5.83. The summed E-state index contributed by atoms with van der Waals surface area (Å²) in [5.74, 6) is -1.80. The lowest BCUT2D eigenvalue weighted by molar-refractivity contribution is 0.102. The first-order chi connectivity index (χ1) is 13.6. The minimum absolute atomic E-state index is 0.0819. The summed E-state index contributed by atoms with van der Waals surface area (Å²) in [6, 6.07) is 13.8. The summed E-state index contributed by atoms with van der Waals surface area (Å²) in [5, 5.41) is 5.58. The minimum Gasteiger partial charge on any atom is -0.383 e. The van der Waals surface area contributed by atoms with Gasteiger partial charge in [-0.3, -0.25) is 4.79 Å². The number of ether oxygens (including phenoxy) is 1. The number of anilines is 2. The van der Waals surface area contributed by atoms with Crippen LogP contribution in [0, 0.1) is 11.6 Å². The molecular formula is C20H18F2N4O2. The van der Waals surface area contributed by atoms with Gasteiger partial charge < -0.3 is 15.4 Å². The van der Waals surface area contributed by atoms with Crippen LogP contribution in [-0.4, -0.2) is 36.1 Å². The summed E-state index contributed by atoms with van der Waals surface area (Å²) >= 11 is 0. The van der Waals surface area contributed by atoms with Crippen LogP contribution in [-0.2, 0) is 4.74 Å². The fourth-order valence-electron chi connectivity index (χ4n) is 2.42. The number of amides is 1. The molecule has 2 N–H and O–H groups in total. The van der Waals surface area contributed by atoms with Crippen molar-refractivity contribution in [2.75, 3.05) is 30.9 Å². The third kappa shape index (κ3) is 4.86. The van der Waals surface area contributed by atoms with Gasteiger partial charge in [0.25, 0.3) is 5.91 Å². The first-order valence-electron chi connectivity index (χ1n) is 8.50. The van der Waals surface area contributed by atoms with E-state index < -0.39 is 17.5 Å². The molecule has 1 heterocycles. The van der Waals surface area contributed by atoms with Crippen LogP contribution >= 0.6 is 0 Å². The summed E-state index contributed by atoms with van der Waals surface area (Å²) < 4.78 is 31.5. The van der Waals surface area contributed by atoms with E-state index in [9.17, 15) is 13.6 Å². The number of carbonyl (C=O) groups excluding carboxylic acids is 1. The minimum atomic E-state index is -1.05. The maximum atomic E-state index is 13.4. The third-order valence-corrected chi connectivity index (χ3v) is 3.78. The van der Waals surface area contributed by atoms with Gasteiger partial charge in [0.1, 0.15) is 11.5 Å². The number of methoxy groups -OCH3 is 1. The molecule has 0 aliphatic carbocycles. The molecule has 0 unspecified atom stereocenters. The Labute approximate surface area is 160 Å². The summed E-state index contributed by atoms with van der Waals surface area (Å²) in [7, 11) is 1.58. The highest BCUT2D eigenvalue weighted by atomic mass is 19.2. The molecule has 3 rings (SSSR count). The molecule has 0 saturated carbocycles. The van der Waals surface area contributed by atoms with Crippen LogP contribution in [0.3, 0.4) is 0 Å². The highest BCUT2D eigenvalue weighted by Crippen LogP contribution is 2.19. The monoisotopic (exact) mass is 384 g/mol. The van der Waals surface area contributed by atoms with E-state index in [2.05, 4.69) is 20.6 Å². The van der Waals surface area contributed by atoms with Crippen LogP contribution in [0.4, 0.5) is 20.3 Å². The van der Waals surface area contributed by atoms with Crippen LogP contribution in [0.5, 0.6) is 0 Å². The van der Waals surface area contributed by atoms with E-state index in [1.54, 1.807) is 7.11 Å². The fourth-order valence-corrected chi connectivity index (χ4v) is 2.42. The number of nitrogens with zero attached hydrogens (tertiary/aromatic N) is 2. The largest absolute Gasteiger partial charge is 0.383 e. The smallest absolute Gasteiger partial charge is 0.274 e. The average molecular weight is 384 g/mol. The topological polar surface area (TPSA) is 76.1 Å². The average Bonchev–Trinajstić information content (AvgIpc) is 2.71. The number of carbonyl (C=O) groups is 1. The van der Waals surface area contributed by atoms with Gasteiger partial charge in [0.2, 0.25) is 0 Å². The van der Waals surface area contributed by atoms with Crippen molar-refractivity contribution in [3.05, 3.63) is 71.9 Å². The van der Waals surface area contributed by atoms with Crippen LogP contribution in [0.2, 0.25) is 0 Å². The summed E-state index contributed by atoms with van der Waals surface area (Å²) in [6.45, 7) is 0.951. The number of nitrogens with one attached hydrogen (secondary N) is 2. The molecule has 8 heteroatoms. The Hall–Kier alpha value is -3.39. The van der Waals surface area contributed by atoms with E-state index in [1.165, 1.54) is 12.1 Å². The SMILES string of the molecule is COCCNc1cc(C(=O)Nc2ccc(F)c(F)c2)nc(-c2ccccc2)n1. The van der Waals surface area contributed by atoms with Gasteiger partial charge >= 0.3 is 0 Å². The maximum Gasteiger partial charge on any atom is 0.274 e. The van der Waals surface area contributed by atoms with Gasteiger partial charge in [-0.2, -0.15) is 0 Å². The van der Waals surface area contributed by atoms with E-state index in [0.717, 1.165) is 17.7 Å². The van der Waals surface area contributed by atoms with Crippen molar-refractivity contribution in [1.82, 2.24) is 9.97 Å². The van der Waals surface area contributed by atoms with Crippen LogP contribution in [0.25, 0.3) is 11.4 Å². The van der Waals surface area contributed by atoms with Gasteiger partial charge in [0.15, 0.2) is 17.5 Å². The molecule has 0 bridgehead atoms. The van der Waals surface area contributed by atoms with Crippen molar-refractivity contribution in [3.63, 3.8) is 0 Å². The first-order valence-corrected chi connectivity index (χ1v) is 8.50. The van der Waals surface area contributed by atoms with E-state index in [0.29, 0.717) is 24.8 Å². The molecule has 0 fully saturated rings. The summed E-state index contributed by atoms with van der Waals surface area (Å²) in [4.78, 5) is 21.3. The molecule has 0 saturated heterocycles. The van der Waals surface area contributed by atoms with E-state index in [4.69, 9.17) is 4.74 Å². The fraction of sp³-hybridized carbons (Fsp3) is 0.150. The van der Waals surface area contributed by atoms with Crippen molar-refractivity contribution < 1.29 is 18.3 Å². The Kier molecular flexibility index (Phi) is 6.23. The molecule has 0 aliphatic rings. The zero-order valence-corrected chi connectivity index (χ0v) is 15.1. The quantitative estimate of drug-likeness (QED) is 0.607. The van der Waals surface area contributed by atoms with E-state index in [1.807, 2.05) is 30.3 Å². The van der Waals surface area contributed by atoms with Crippen molar-refractivity contribution >= 4 is 17.4 Å². The van der Waals surface area contributed by atoms with Gasteiger partial charge in [0, 0.05) is 37.0 Å². The molecule has 2 aromatic carbocycles. The number of halogens is 2. The normalized spacial score (nSPS) is 10.5. The van der Waals surface area contributed by atoms with Crippen molar-refractivity contribution in [2.45, 2.75) is 0 Å². The summed E-state index contributed by atoms with van der Waals surface area (Å²) in [5.41, 5.74) is 0.941. The molecule has 1 aromatic heterocycles. The molecule has 0 spiro atoms. The Morgan fingerprint density at radius 3 is 2.54 bits per heavy atom. The van der Waals surface area contributed by atoms with Crippen molar-refractivity contribution in [2.24, 2.45) is 0 Å². The highest BCUT2D eigenvalue weighted by Gasteiger charge is 2.14. The molecule has 3 aromatic rings. The van der Waals surface area contributed by atoms with Crippen LogP contribution in [0.15, 0.2) is 54.6 Å². The molecule has 0 radical (unpaired) electrons. The second kappa shape index (κ2) is 9.01. The predicted molar refractivity (Wildman–Crippen MR) is 102 cm³/mol. The van der Waals surface area contributed by atoms with Crippen LogP contribution < -0.4 is 10.6 Å². The lowest BCUT2D eigenvalue weighted by Crippen LogP contribution is -2.17. The second-order valence-corrected chi connectivity index (χ2v) is 5.83. The van der Waals surface area contributed by atoms with Crippen molar-refractivity contribution in [3.8, 4) is 11.4 Å². The van der Waals surface area contributed by atoms with Gasteiger partial charge in [0.05, 0.1) is 6.61 Å². The Bertz CT molecular complexity index is 968.